The molecular weight excluding hydrogens is 194 g/mol. The van der Waals surface area contributed by atoms with Crippen LogP contribution in [0.5, 0.6) is 0 Å². The molecule has 0 bridgehead atoms. The second kappa shape index (κ2) is 3.75. The van der Waals surface area contributed by atoms with E-state index in [1.165, 1.54) is 0 Å². The van der Waals surface area contributed by atoms with Crippen molar-refractivity contribution in [1.82, 2.24) is 15.0 Å². The van der Waals surface area contributed by atoms with Gasteiger partial charge in [-0.2, -0.15) is 0 Å². The monoisotopic (exact) mass is 205 g/mol. The van der Waals surface area contributed by atoms with Gasteiger partial charge in [0.25, 0.3) is 0 Å². The number of H-pyrrole nitrogens is 2. The summed E-state index contributed by atoms with van der Waals surface area (Å²) in [6, 6.07) is 6.01. The quantitative estimate of drug-likeness (QED) is 0.739. The minimum absolute atomic E-state index is 0.660. The third-order valence-electron chi connectivity index (χ3n) is 1.97. The largest absolute Gasteiger partial charge is 0.337 e. The lowest BCUT2D eigenvalue weighted by atomic mass is 10.2. The summed E-state index contributed by atoms with van der Waals surface area (Å²) in [6.07, 6.45) is 2.67. The van der Waals surface area contributed by atoms with Crippen LogP contribution in [0.2, 0.25) is 0 Å². The average molecular weight is 205 g/mol. The molecule has 0 aromatic carbocycles. The van der Waals surface area contributed by atoms with E-state index in [-0.39, 0.29) is 0 Å². The Kier molecular flexibility index (Phi) is 2.45. The summed E-state index contributed by atoms with van der Waals surface area (Å²) >= 11 is 4.94. The lowest BCUT2D eigenvalue weighted by molar-refractivity contribution is 1.00. The van der Waals surface area contributed by atoms with E-state index in [1.54, 1.807) is 0 Å². The van der Waals surface area contributed by atoms with Crippen LogP contribution in [0.15, 0.2) is 24.4 Å². The summed E-state index contributed by atoms with van der Waals surface area (Å²) in [5, 5.41) is 0. The lowest BCUT2D eigenvalue weighted by Crippen LogP contribution is -1.93. The summed E-state index contributed by atoms with van der Waals surface area (Å²) in [5.41, 5.74) is 3.15. The van der Waals surface area contributed by atoms with E-state index in [0.717, 1.165) is 23.5 Å². The topological polar surface area (TPSA) is 44.5 Å². The van der Waals surface area contributed by atoms with E-state index in [2.05, 4.69) is 15.0 Å². The second-order valence-electron chi connectivity index (χ2n) is 3.22. The van der Waals surface area contributed by atoms with E-state index in [4.69, 9.17) is 12.2 Å². The highest BCUT2D eigenvalue weighted by Gasteiger charge is 1.98. The molecule has 0 fully saturated rings. The Morgan fingerprint density at radius 3 is 2.93 bits per heavy atom. The molecule has 3 nitrogen and oxygen atoms in total. The number of pyridine rings is 1. The van der Waals surface area contributed by atoms with Gasteiger partial charge >= 0.3 is 0 Å². The number of imidazole rings is 1. The number of aryl methyl sites for hydroxylation is 1. The number of hydrogen-bond acceptors (Lipinski definition) is 2. The molecule has 0 saturated carbocycles. The molecule has 4 heteroatoms. The van der Waals surface area contributed by atoms with Gasteiger partial charge in [0.15, 0.2) is 4.77 Å². The molecule has 14 heavy (non-hydrogen) atoms. The number of aromatic amines is 2. The van der Waals surface area contributed by atoms with Crippen molar-refractivity contribution in [2.45, 2.75) is 13.3 Å². The van der Waals surface area contributed by atoms with Gasteiger partial charge in [-0.1, -0.05) is 6.07 Å². The number of nitrogens with one attached hydrogen (secondary N) is 2. The van der Waals surface area contributed by atoms with Crippen LogP contribution in [0.4, 0.5) is 0 Å². The molecule has 2 heterocycles. The van der Waals surface area contributed by atoms with Gasteiger partial charge in [-0.15, -0.1) is 0 Å². The Hall–Kier alpha value is -1.42. The van der Waals surface area contributed by atoms with Crippen LogP contribution in [0.3, 0.4) is 0 Å². The van der Waals surface area contributed by atoms with E-state index in [9.17, 15) is 0 Å². The predicted octanol–water partition coefficient (Wildman–Crippen LogP) is 2.37. The van der Waals surface area contributed by atoms with Crippen LogP contribution in [0.25, 0.3) is 0 Å². The molecule has 0 saturated heterocycles. The predicted molar refractivity (Wildman–Crippen MR) is 57.8 cm³/mol. The first-order chi connectivity index (χ1) is 6.74. The van der Waals surface area contributed by atoms with Crippen molar-refractivity contribution in [2.24, 2.45) is 0 Å². The zero-order chi connectivity index (χ0) is 9.97. The molecule has 0 aliphatic rings. The van der Waals surface area contributed by atoms with Gasteiger partial charge < -0.3 is 9.97 Å². The van der Waals surface area contributed by atoms with Crippen LogP contribution >= 0.6 is 12.2 Å². The number of hydrogen-bond donors (Lipinski definition) is 2. The molecule has 0 aliphatic carbocycles. The SMILES string of the molecule is Cc1cccc(Cc2c[nH]c(=S)[nH]2)n1. The van der Waals surface area contributed by atoms with Gasteiger partial charge in [-0.25, -0.2) is 0 Å². The molecule has 72 valence electrons. The second-order valence-corrected chi connectivity index (χ2v) is 3.62. The Morgan fingerprint density at radius 1 is 1.43 bits per heavy atom. The minimum Gasteiger partial charge on any atom is -0.337 e. The van der Waals surface area contributed by atoms with Crippen LogP contribution in [0.1, 0.15) is 17.1 Å². The zero-order valence-electron chi connectivity index (χ0n) is 7.87. The first kappa shape index (κ1) is 9.15. The van der Waals surface area contributed by atoms with Gasteiger partial charge in [0.2, 0.25) is 0 Å². The van der Waals surface area contributed by atoms with Crippen LogP contribution in [-0.4, -0.2) is 15.0 Å². The first-order valence-corrected chi connectivity index (χ1v) is 4.84. The molecular formula is C10H11N3S. The third kappa shape index (κ3) is 2.09. The van der Waals surface area contributed by atoms with Gasteiger partial charge in [-0.3, -0.25) is 4.98 Å². The Bertz CT molecular complexity index is 484. The van der Waals surface area contributed by atoms with Gasteiger partial charge in [0.1, 0.15) is 0 Å². The highest BCUT2D eigenvalue weighted by Crippen LogP contribution is 2.04. The fraction of sp³-hybridized carbons (Fsp3) is 0.200. The van der Waals surface area contributed by atoms with E-state index < -0.39 is 0 Å². The first-order valence-electron chi connectivity index (χ1n) is 4.43. The highest BCUT2D eigenvalue weighted by molar-refractivity contribution is 7.71. The molecule has 0 unspecified atom stereocenters. The third-order valence-corrected chi connectivity index (χ3v) is 2.19. The van der Waals surface area contributed by atoms with Crippen LogP contribution in [-0.2, 0) is 6.42 Å². The molecule has 0 amide bonds. The van der Waals surface area contributed by atoms with Gasteiger partial charge in [0, 0.05) is 29.7 Å². The van der Waals surface area contributed by atoms with Crippen molar-refractivity contribution >= 4 is 12.2 Å². The van der Waals surface area contributed by atoms with E-state index >= 15 is 0 Å². The minimum atomic E-state index is 0.660. The fourth-order valence-electron chi connectivity index (χ4n) is 1.36. The smallest absolute Gasteiger partial charge is 0.174 e. The number of nitrogens with zero attached hydrogens (tertiary/aromatic N) is 1. The maximum atomic E-state index is 4.94. The van der Waals surface area contributed by atoms with Crippen molar-refractivity contribution in [3.05, 3.63) is 46.2 Å². The average Bonchev–Trinajstić information content (AvgIpc) is 2.51. The summed E-state index contributed by atoms with van der Waals surface area (Å²) in [6.45, 7) is 1.99. The lowest BCUT2D eigenvalue weighted by Gasteiger charge is -1.98. The molecule has 0 atom stereocenters. The van der Waals surface area contributed by atoms with Crippen LogP contribution < -0.4 is 0 Å². The Labute approximate surface area is 87.2 Å². The van der Waals surface area contributed by atoms with E-state index in [0.29, 0.717) is 4.77 Å². The summed E-state index contributed by atoms with van der Waals surface area (Å²) < 4.78 is 0.660. The molecule has 0 aliphatic heterocycles. The zero-order valence-corrected chi connectivity index (χ0v) is 8.69. The fourth-order valence-corrected chi connectivity index (χ4v) is 1.55. The highest BCUT2D eigenvalue weighted by atomic mass is 32.1. The van der Waals surface area contributed by atoms with Crippen molar-refractivity contribution in [3.8, 4) is 0 Å². The Balaban J connectivity index is 2.22. The maximum absolute atomic E-state index is 4.94. The number of rotatable bonds is 2. The van der Waals surface area contributed by atoms with Crippen molar-refractivity contribution in [3.63, 3.8) is 0 Å². The molecule has 0 radical (unpaired) electrons. The normalized spacial score (nSPS) is 10.4. The molecule has 2 rings (SSSR count). The van der Waals surface area contributed by atoms with E-state index in [1.807, 2.05) is 31.3 Å². The van der Waals surface area contributed by atoms with Crippen molar-refractivity contribution < 1.29 is 0 Å². The molecule has 0 spiro atoms. The summed E-state index contributed by atoms with van der Waals surface area (Å²) in [4.78, 5) is 10.4. The van der Waals surface area contributed by atoms with Gasteiger partial charge in [0.05, 0.1) is 0 Å². The van der Waals surface area contributed by atoms with Crippen molar-refractivity contribution in [2.75, 3.05) is 0 Å². The molecule has 2 N–H and O–H groups in total. The maximum Gasteiger partial charge on any atom is 0.174 e. The summed E-state index contributed by atoms with van der Waals surface area (Å²) in [5.74, 6) is 0. The van der Waals surface area contributed by atoms with Crippen LogP contribution in [0, 0.1) is 11.7 Å². The van der Waals surface area contributed by atoms with Crippen molar-refractivity contribution in [1.29, 1.82) is 0 Å². The number of aromatic nitrogens is 3. The molecule has 2 aromatic rings. The summed E-state index contributed by atoms with van der Waals surface area (Å²) in [7, 11) is 0. The standard InChI is InChI=1S/C10H11N3S/c1-7-3-2-4-8(12-7)5-9-6-11-10(14)13-9/h2-4,6H,5H2,1H3,(H2,11,13,14). The van der Waals surface area contributed by atoms with Gasteiger partial charge in [-0.05, 0) is 31.3 Å². The Morgan fingerprint density at radius 2 is 2.29 bits per heavy atom. The molecule has 2 aromatic heterocycles.